The van der Waals surface area contributed by atoms with Crippen molar-refractivity contribution in [2.45, 2.75) is 29.0 Å². The molecule has 0 spiro atoms. The molecule has 4 rings (SSSR count). The van der Waals surface area contributed by atoms with Crippen LogP contribution in [0.25, 0.3) is 16.7 Å². The standard InChI is InChI=1S/C23H24N6O3S2/c1-15-10-11-18(34(31,32)28(3)4)12-20(15)27-22(30)16(2)33-23-19-13-26-29(21(19)24-14-25-23)17-8-6-5-7-9-17/h5-14,16H,1-4H3,(H,27,30). The minimum absolute atomic E-state index is 0.115. The number of carbonyl (C=O) groups is 1. The smallest absolute Gasteiger partial charge is 0.242 e. The van der Waals surface area contributed by atoms with E-state index in [9.17, 15) is 13.2 Å². The Labute approximate surface area is 202 Å². The second kappa shape index (κ2) is 9.53. The van der Waals surface area contributed by atoms with Crippen molar-refractivity contribution in [3.8, 4) is 5.69 Å². The van der Waals surface area contributed by atoms with Crippen molar-refractivity contribution in [3.63, 3.8) is 0 Å². The van der Waals surface area contributed by atoms with Gasteiger partial charge in [-0.1, -0.05) is 36.0 Å². The largest absolute Gasteiger partial charge is 0.325 e. The number of nitrogens with one attached hydrogen (secondary N) is 1. The number of fused-ring (bicyclic) bond motifs is 1. The Hall–Kier alpha value is -3.28. The number of aromatic nitrogens is 4. The van der Waals surface area contributed by atoms with Gasteiger partial charge in [0.25, 0.3) is 0 Å². The predicted molar refractivity (Wildman–Crippen MR) is 133 cm³/mol. The lowest BCUT2D eigenvalue weighted by molar-refractivity contribution is -0.115. The van der Waals surface area contributed by atoms with Crippen molar-refractivity contribution in [3.05, 3.63) is 66.6 Å². The molecule has 0 saturated heterocycles. The van der Waals surface area contributed by atoms with Crippen LogP contribution in [0.2, 0.25) is 0 Å². The monoisotopic (exact) mass is 496 g/mol. The molecule has 2 aromatic carbocycles. The first-order valence-electron chi connectivity index (χ1n) is 10.4. The zero-order valence-corrected chi connectivity index (χ0v) is 20.8. The average Bonchev–Trinajstić information content (AvgIpc) is 3.26. The van der Waals surface area contributed by atoms with Crippen LogP contribution >= 0.6 is 11.8 Å². The highest BCUT2D eigenvalue weighted by molar-refractivity contribution is 8.00. The molecule has 11 heteroatoms. The molecular formula is C23H24N6O3S2. The lowest BCUT2D eigenvalue weighted by Gasteiger charge is -2.16. The van der Waals surface area contributed by atoms with Crippen LogP contribution in [0.3, 0.4) is 0 Å². The predicted octanol–water partition coefficient (Wildman–Crippen LogP) is 3.49. The highest BCUT2D eigenvalue weighted by Crippen LogP contribution is 2.30. The maximum absolute atomic E-state index is 13.0. The highest BCUT2D eigenvalue weighted by atomic mass is 32.2. The molecule has 0 aliphatic heterocycles. The number of benzene rings is 2. The molecule has 0 aliphatic carbocycles. The third-order valence-corrected chi connectivity index (χ3v) is 8.16. The number of para-hydroxylation sites is 1. The van der Waals surface area contributed by atoms with E-state index in [4.69, 9.17) is 0 Å². The van der Waals surface area contributed by atoms with Gasteiger partial charge < -0.3 is 5.32 Å². The van der Waals surface area contributed by atoms with Gasteiger partial charge in [0.05, 0.1) is 27.4 Å². The summed E-state index contributed by atoms with van der Waals surface area (Å²) >= 11 is 1.29. The van der Waals surface area contributed by atoms with E-state index in [-0.39, 0.29) is 10.8 Å². The van der Waals surface area contributed by atoms with Crippen LogP contribution in [-0.4, -0.2) is 57.7 Å². The topological polar surface area (TPSA) is 110 Å². The van der Waals surface area contributed by atoms with Gasteiger partial charge in [-0.3, -0.25) is 4.79 Å². The summed E-state index contributed by atoms with van der Waals surface area (Å²) in [4.78, 5) is 21.8. The lowest BCUT2D eigenvalue weighted by atomic mass is 10.2. The van der Waals surface area contributed by atoms with Crippen LogP contribution in [0.4, 0.5) is 5.69 Å². The van der Waals surface area contributed by atoms with Gasteiger partial charge >= 0.3 is 0 Å². The van der Waals surface area contributed by atoms with E-state index in [1.54, 1.807) is 23.9 Å². The van der Waals surface area contributed by atoms with Crippen LogP contribution in [0, 0.1) is 6.92 Å². The van der Waals surface area contributed by atoms with E-state index in [0.717, 1.165) is 20.9 Å². The van der Waals surface area contributed by atoms with Gasteiger partial charge in [0, 0.05) is 19.8 Å². The van der Waals surface area contributed by atoms with E-state index >= 15 is 0 Å². The Morgan fingerprint density at radius 3 is 2.56 bits per heavy atom. The number of nitrogens with zero attached hydrogens (tertiary/aromatic N) is 5. The molecule has 1 N–H and O–H groups in total. The van der Waals surface area contributed by atoms with Crippen molar-refractivity contribution < 1.29 is 13.2 Å². The van der Waals surface area contributed by atoms with Gasteiger partial charge in [0.2, 0.25) is 15.9 Å². The second-order valence-electron chi connectivity index (χ2n) is 7.82. The molecule has 0 fully saturated rings. The third-order valence-electron chi connectivity index (χ3n) is 5.23. The molecule has 2 aromatic heterocycles. The summed E-state index contributed by atoms with van der Waals surface area (Å²) in [7, 11) is -0.681. The number of thioether (sulfide) groups is 1. The number of aryl methyl sites for hydroxylation is 1. The van der Waals surface area contributed by atoms with Gasteiger partial charge in [-0.05, 0) is 43.7 Å². The van der Waals surface area contributed by atoms with Crippen molar-refractivity contribution in [2.24, 2.45) is 0 Å². The summed E-state index contributed by atoms with van der Waals surface area (Å²) < 4.78 is 27.8. The number of carbonyl (C=O) groups excluding carboxylic acids is 1. The summed E-state index contributed by atoms with van der Waals surface area (Å²) in [5, 5.41) is 8.17. The number of amides is 1. The molecule has 1 atom stereocenters. The van der Waals surface area contributed by atoms with Crippen molar-refractivity contribution >= 4 is 44.4 Å². The molecule has 0 bridgehead atoms. The van der Waals surface area contributed by atoms with Crippen LogP contribution in [0.1, 0.15) is 12.5 Å². The Kier molecular flexibility index (Phi) is 6.69. The van der Waals surface area contributed by atoms with E-state index in [1.165, 1.54) is 44.3 Å². The molecule has 1 unspecified atom stereocenters. The molecular weight excluding hydrogens is 472 g/mol. The van der Waals surface area contributed by atoms with Gasteiger partial charge in [-0.2, -0.15) is 5.10 Å². The molecule has 2 heterocycles. The molecule has 1 amide bonds. The summed E-state index contributed by atoms with van der Waals surface area (Å²) in [5.74, 6) is -0.269. The number of anilines is 1. The molecule has 4 aromatic rings. The summed E-state index contributed by atoms with van der Waals surface area (Å²) in [6.07, 6.45) is 3.14. The van der Waals surface area contributed by atoms with Crippen LogP contribution in [0.5, 0.6) is 0 Å². The number of sulfonamides is 1. The SMILES string of the molecule is Cc1ccc(S(=O)(=O)N(C)C)cc1NC(=O)C(C)Sc1ncnc2c1cnn2-c1ccccc1. The molecule has 0 aliphatic rings. The maximum Gasteiger partial charge on any atom is 0.242 e. The third kappa shape index (κ3) is 4.67. The first-order chi connectivity index (χ1) is 16.2. The van der Waals surface area contributed by atoms with Gasteiger partial charge in [0.1, 0.15) is 11.4 Å². The first-order valence-corrected chi connectivity index (χ1v) is 12.8. The van der Waals surface area contributed by atoms with Crippen LogP contribution in [0.15, 0.2) is 71.0 Å². The fourth-order valence-electron chi connectivity index (χ4n) is 3.24. The van der Waals surface area contributed by atoms with Crippen molar-refractivity contribution in [2.75, 3.05) is 19.4 Å². The van der Waals surface area contributed by atoms with Crippen LogP contribution in [-0.2, 0) is 14.8 Å². The number of hydrogen-bond donors (Lipinski definition) is 1. The normalized spacial score (nSPS) is 12.7. The van der Waals surface area contributed by atoms with E-state index in [0.29, 0.717) is 16.4 Å². The fraction of sp³-hybridized carbons (Fsp3) is 0.217. The zero-order valence-electron chi connectivity index (χ0n) is 19.1. The van der Waals surface area contributed by atoms with Gasteiger partial charge in [0.15, 0.2) is 5.65 Å². The van der Waals surface area contributed by atoms with Crippen molar-refractivity contribution in [1.82, 2.24) is 24.1 Å². The second-order valence-corrected chi connectivity index (χ2v) is 11.3. The summed E-state index contributed by atoms with van der Waals surface area (Å²) in [6.45, 7) is 3.58. The molecule has 0 radical (unpaired) electrons. The lowest BCUT2D eigenvalue weighted by Crippen LogP contribution is -2.24. The molecule has 34 heavy (non-hydrogen) atoms. The fourth-order valence-corrected chi connectivity index (χ4v) is 5.05. The number of rotatable bonds is 7. The van der Waals surface area contributed by atoms with Crippen molar-refractivity contribution in [1.29, 1.82) is 0 Å². The molecule has 176 valence electrons. The zero-order chi connectivity index (χ0) is 24.5. The number of hydrogen-bond acceptors (Lipinski definition) is 7. The summed E-state index contributed by atoms with van der Waals surface area (Å²) in [6, 6.07) is 14.3. The van der Waals surface area contributed by atoms with Gasteiger partial charge in [-0.15, -0.1) is 0 Å². The molecule has 9 nitrogen and oxygen atoms in total. The Morgan fingerprint density at radius 1 is 1.12 bits per heavy atom. The summed E-state index contributed by atoms with van der Waals surface area (Å²) in [5.41, 5.74) is 2.73. The minimum Gasteiger partial charge on any atom is -0.325 e. The van der Waals surface area contributed by atoms with E-state index < -0.39 is 15.3 Å². The van der Waals surface area contributed by atoms with E-state index in [1.807, 2.05) is 37.3 Å². The molecule has 0 saturated carbocycles. The van der Waals surface area contributed by atoms with Crippen LogP contribution < -0.4 is 5.32 Å². The van der Waals surface area contributed by atoms with Gasteiger partial charge in [-0.25, -0.2) is 27.4 Å². The quantitative estimate of drug-likeness (QED) is 0.308. The highest BCUT2D eigenvalue weighted by Gasteiger charge is 2.22. The Bertz CT molecular complexity index is 1450. The maximum atomic E-state index is 13.0. The minimum atomic E-state index is -3.62. The average molecular weight is 497 g/mol. The Balaban J connectivity index is 1.56. The Morgan fingerprint density at radius 2 is 1.85 bits per heavy atom. The first kappa shape index (κ1) is 23.9. The van der Waals surface area contributed by atoms with E-state index in [2.05, 4.69) is 20.4 Å².